The van der Waals surface area contributed by atoms with Crippen molar-refractivity contribution in [3.63, 3.8) is 0 Å². The third-order valence-corrected chi connectivity index (χ3v) is 6.58. The van der Waals surface area contributed by atoms with Gasteiger partial charge in [-0.3, -0.25) is 4.98 Å². The number of ether oxygens (including phenoxy) is 2. The molecule has 0 fully saturated rings. The smallest absolute Gasteiger partial charge is 0.118 e. The lowest BCUT2D eigenvalue weighted by Crippen LogP contribution is -2.13. The van der Waals surface area contributed by atoms with Crippen molar-refractivity contribution in [2.75, 3.05) is 13.7 Å². The topological polar surface area (TPSA) is 62.1 Å². The highest BCUT2D eigenvalue weighted by Crippen LogP contribution is 2.39. The molecule has 0 spiro atoms. The van der Waals surface area contributed by atoms with Crippen LogP contribution in [0.25, 0.3) is 33.5 Å². The minimum Gasteiger partial charge on any atom is -0.497 e. The molecule has 1 aliphatic heterocycles. The highest BCUT2D eigenvalue weighted by atomic mass is 16.5. The van der Waals surface area contributed by atoms with Gasteiger partial charge in [0.25, 0.3) is 0 Å². The summed E-state index contributed by atoms with van der Waals surface area (Å²) in [5.74, 6) is 1.93. The molecule has 0 saturated heterocycles. The first-order chi connectivity index (χ1) is 17.3. The fourth-order valence-electron chi connectivity index (χ4n) is 4.83. The molecular weight excluding hydrogens is 436 g/mol. The maximum absolute atomic E-state index is 6.18. The van der Waals surface area contributed by atoms with E-state index in [1.165, 1.54) is 0 Å². The van der Waals surface area contributed by atoms with Crippen LogP contribution < -0.4 is 4.74 Å². The average molecular weight is 463 g/mol. The van der Waals surface area contributed by atoms with Crippen LogP contribution in [0.4, 0.5) is 0 Å². The first kappa shape index (κ1) is 21.5. The summed E-state index contributed by atoms with van der Waals surface area (Å²) in [6.45, 7) is 1.19. The van der Waals surface area contributed by atoms with Gasteiger partial charge >= 0.3 is 0 Å². The largest absolute Gasteiger partial charge is 0.497 e. The Morgan fingerprint density at radius 1 is 0.914 bits per heavy atom. The molecule has 0 bridgehead atoms. The van der Waals surface area contributed by atoms with Gasteiger partial charge in [0.05, 0.1) is 43.3 Å². The molecule has 1 aliphatic rings. The van der Waals surface area contributed by atoms with Crippen LogP contribution in [0.5, 0.6) is 5.75 Å². The van der Waals surface area contributed by atoms with E-state index in [1.54, 1.807) is 7.11 Å². The van der Waals surface area contributed by atoms with Crippen LogP contribution >= 0.6 is 0 Å². The zero-order valence-corrected chi connectivity index (χ0v) is 19.6. The van der Waals surface area contributed by atoms with Crippen LogP contribution in [0.3, 0.4) is 0 Å². The standard InChI is InChI=1S/C29H26N4O2/c1-34-24-10-6-20(7-11-24)18-35-19-23-9-13-27-32-28(29(33(23)27)22-14-16-30-17-15-22)26-12-8-21-4-2-3-5-25(21)31-26/h2-8,10-12,14-17,23H,9,13,18-19H2,1H3. The Morgan fingerprint density at radius 3 is 2.57 bits per heavy atom. The first-order valence-electron chi connectivity index (χ1n) is 11.9. The number of imidazole rings is 1. The van der Waals surface area contributed by atoms with Gasteiger partial charge in [-0.25, -0.2) is 9.97 Å². The normalized spacial score (nSPS) is 14.8. The van der Waals surface area contributed by atoms with Crippen molar-refractivity contribution in [3.05, 3.63) is 96.6 Å². The van der Waals surface area contributed by atoms with Gasteiger partial charge in [0, 0.05) is 29.8 Å². The number of hydrogen-bond donors (Lipinski definition) is 0. The minimum absolute atomic E-state index is 0.216. The molecule has 3 aromatic heterocycles. The van der Waals surface area contributed by atoms with E-state index in [0.29, 0.717) is 13.2 Å². The molecule has 6 nitrogen and oxygen atoms in total. The Kier molecular flexibility index (Phi) is 5.72. The van der Waals surface area contributed by atoms with Crippen LogP contribution in [0.15, 0.2) is 85.2 Å². The summed E-state index contributed by atoms with van der Waals surface area (Å²) >= 11 is 0. The monoisotopic (exact) mass is 462 g/mol. The molecule has 0 amide bonds. The highest BCUT2D eigenvalue weighted by Gasteiger charge is 2.30. The van der Waals surface area contributed by atoms with Crippen molar-refractivity contribution in [2.24, 2.45) is 0 Å². The molecular formula is C29H26N4O2. The Bertz CT molecular complexity index is 1460. The minimum atomic E-state index is 0.216. The molecule has 2 aromatic carbocycles. The quantitative estimate of drug-likeness (QED) is 0.303. The van der Waals surface area contributed by atoms with Crippen LogP contribution in [0, 0.1) is 0 Å². The number of pyridine rings is 2. The second-order valence-corrected chi connectivity index (χ2v) is 8.78. The van der Waals surface area contributed by atoms with Gasteiger partial charge in [-0.15, -0.1) is 0 Å². The summed E-state index contributed by atoms with van der Waals surface area (Å²) in [4.78, 5) is 14.3. The maximum Gasteiger partial charge on any atom is 0.118 e. The van der Waals surface area contributed by atoms with E-state index in [9.17, 15) is 0 Å². The van der Waals surface area contributed by atoms with E-state index in [0.717, 1.165) is 63.5 Å². The maximum atomic E-state index is 6.18. The van der Waals surface area contributed by atoms with Crippen molar-refractivity contribution < 1.29 is 9.47 Å². The fraction of sp³-hybridized carbons (Fsp3) is 0.207. The van der Waals surface area contributed by atoms with Crippen LogP contribution in [-0.4, -0.2) is 33.2 Å². The predicted octanol–water partition coefficient (Wildman–Crippen LogP) is 5.87. The third kappa shape index (κ3) is 4.17. The highest BCUT2D eigenvalue weighted by molar-refractivity contribution is 5.84. The Labute approximate surface area is 204 Å². The molecule has 1 unspecified atom stereocenters. The number of aryl methyl sites for hydroxylation is 1. The van der Waals surface area contributed by atoms with Crippen LogP contribution in [-0.2, 0) is 17.8 Å². The van der Waals surface area contributed by atoms with E-state index < -0.39 is 0 Å². The van der Waals surface area contributed by atoms with Gasteiger partial charge in [0.1, 0.15) is 17.3 Å². The number of benzene rings is 2. The van der Waals surface area contributed by atoms with Gasteiger partial charge in [-0.05, 0) is 48.4 Å². The van der Waals surface area contributed by atoms with Crippen molar-refractivity contribution in [2.45, 2.75) is 25.5 Å². The van der Waals surface area contributed by atoms with E-state index >= 15 is 0 Å². The lowest BCUT2D eigenvalue weighted by atomic mass is 10.1. The van der Waals surface area contributed by atoms with E-state index in [-0.39, 0.29) is 6.04 Å². The zero-order chi connectivity index (χ0) is 23.6. The van der Waals surface area contributed by atoms with Gasteiger partial charge in [0.2, 0.25) is 0 Å². The van der Waals surface area contributed by atoms with Crippen molar-refractivity contribution >= 4 is 10.9 Å². The number of methoxy groups -OCH3 is 1. The Morgan fingerprint density at radius 2 is 1.74 bits per heavy atom. The summed E-state index contributed by atoms with van der Waals surface area (Å²) in [6, 6.07) is 24.7. The average Bonchev–Trinajstić information content (AvgIpc) is 3.49. The summed E-state index contributed by atoms with van der Waals surface area (Å²) in [6.07, 6.45) is 5.59. The van der Waals surface area contributed by atoms with E-state index in [1.807, 2.05) is 67.0 Å². The second kappa shape index (κ2) is 9.31. The van der Waals surface area contributed by atoms with E-state index in [2.05, 4.69) is 27.8 Å². The Balaban J connectivity index is 1.33. The van der Waals surface area contributed by atoms with Crippen molar-refractivity contribution in [1.29, 1.82) is 0 Å². The SMILES string of the molecule is COc1ccc(COCC2CCc3nc(-c4ccc5ccccc5n4)c(-c4ccncc4)n32)cc1. The molecule has 35 heavy (non-hydrogen) atoms. The lowest BCUT2D eigenvalue weighted by Gasteiger charge is -2.18. The predicted molar refractivity (Wildman–Crippen MR) is 136 cm³/mol. The molecule has 1 atom stereocenters. The summed E-state index contributed by atoms with van der Waals surface area (Å²) in [7, 11) is 1.68. The molecule has 0 saturated carbocycles. The number of fused-ring (bicyclic) bond motifs is 2. The second-order valence-electron chi connectivity index (χ2n) is 8.78. The number of aromatic nitrogens is 4. The Hall–Kier alpha value is -4.03. The summed E-state index contributed by atoms with van der Waals surface area (Å²) in [5.41, 5.74) is 6.07. The number of hydrogen-bond acceptors (Lipinski definition) is 5. The molecule has 0 radical (unpaired) electrons. The number of rotatable bonds is 7. The first-order valence-corrected chi connectivity index (χ1v) is 11.9. The summed E-state index contributed by atoms with van der Waals surface area (Å²) < 4.78 is 13.8. The zero-order valence-electron chi connectivity index (χ0n) is 19.6. The number of para-hydroxylation sites is 1. The lowest BCUT2D eigenvalue weighted by molar-refractivity contribution is 0.0925. The molecule has 6 heteroatoms. The van der Waals surface area contributed by atoms with Crippen molar-refractivity contribution in [3.8, 4) is 28.4 Å². The van der Waals surface area contributed by atoms with E-state index in [4.69, 9.17) is 19.4 Å². The van der Waals surface area contributed by atoms with Gasteiger partial charge < -0.3 is 14.0 Å². The molecule has 6 rings (SSSR count). The fourth-order valence-corrected chi connectivity index (χ4v) is 4.83. The van der Waals surface area contributed by atoms with Gasteiger partial charge in [0.15, 0.2) is 0 Å². The van der Waals surface area contributed by atoms with Gasteiger partial charge in [-0.1, -0.05) is 36.4 Å². The third-order valence-electron chi connectivity index (χ3n) is 6.58. The number of nitrogens with zero attached hydrogens (tertiary/aromatic N) is 4. The molecule has 5 aromatic rings. The van der Waals surface area contributed by atoms with Crippen molar-refractivity contribution in [1.82, 2.24) is 19.5 Å². The molecule has 0 aliphatic carbocycles. The van der Waals surface area contributed by atoms with Gasteiger partial charge in [-0.2, -0.15) is 0 Å². The van der Waals surface area contributed by atoms with Crippen LogP contribution in [0.2, 0.25) is 0 Å². The molecule has 0 N–H and O–H groups in total. The van der Waals surface area contributed by atoms with Crippen LogP contribution in [0.1, 0.15) is 23.9 Å². The molecule has 174 valence electrons. The molecule has 4 heterocycles. The summed E-state index contributed by atoms with van der Waals surface area (Å²) in [5, 5.41) is 1.12.